The second-order valence-electron chi connectivity index (χ2n) is 6.02. The summed E-state index contributed by atoms with van der Waals surface area (Å²) in [5.74, 6) is 0.148. The predicted molar refractivity (Wildman–Crippen MR) is 104 cm³/mol. The smallest absolute Gasteiger partial charge is 0.341 e. The maximum absolute atomic E-state index is 12.8. The highest BCUT2D eigenvalue weighted by atomic mass is 16.5. The summed E-state index contributed by atoms with van der Waals surface area (Å²) >= 11 is 0. The molecule has 2 aromatic carbocycles. The molecule has 28 heavy (non-hydrogen) atoms. The summed E-state index contributed by atoms with van der Waals surface area (Å²) in [5, 5.41) is 8.76. The first kappa shape index (κ1) is 21.1. The summed E-state index contributed by atoms with van der Waals surface area (Å²) in [6.07, 6.45) is 0. The third-order valence-electron chi connectivity index (χ3n) is 3.84. The van der Waals surface area contributed by atoms with E-state index in [-0.39, 0.29) is 11.7 Å². The Morgan fingerprint density at radius 2 is 1.61 bits per heavy atom. The van der Waals surface area contributed by atoms with Crippen LogP contribution in [0.5, 0.6) is 17.2 Å². The number of carboxylic acids is 1. The topological polar surface area (TPSA) is 85.3 Å². The van der Waals surface area contributed by atoms with Crippen LogP contribution in [0.4, 0.5) is 0 Å². The minimum atomic E-state index is -1.09. The Labute approximate surface area is 164 Å². The third kappa shape index (κ3) is 5.90. The lowest BCUT2D eigenvalue weighted by Gasteiger charge is -2.19. The number of aliphatic carboxylic acids is 1. The number of amides is 1. The summed E-state index contributed by atoms with van der Waals surface area (Å²) in [7, 11) is 1.72. The van der Waals surface area contributed by atoms with E-state index in [1.807, 2.05) is 31.2 Å². The zero-order chi connectivity index (χ0) is 20.5. The minimum absolute atomic E-state index is 0.181. The SMILES string of the molecule is CCOc1ccc(CN(C)C(=O)c2ccc(OCC(=O)O)c(OCC)c2)cc1. The number of hydrogen-bond donors (Lipinski definition) is 1. The van der Waals surface area contributed by atoms with E-state index in [1.54, 1.807) is 37.1 Å². The zero-order valence-electron chi connectivity index (χ0n) is 16.3. The van der Waals surface area contributed by atoms with Crippen LogP contribution in [0.1, 0.15) is 29.8 Å². The van der Waals surface area contributed by atoms with Gasteiger partial charge >= 0.3 is 5.97 Å². The van der Waals surface area contributed by atoms with Crippen molar-refractivity contribution in [3.8, 4) is 17.2 Å². The van der Waals surface area contributed by atoms with Crippen molar-refractivity contribution in [3.63, 3.8) is 0 Å². The van der Waals surface area contributed by atoms with E-state index >= 15 is 0 Å². The van der Waals surface area contributed by atoms with E-state index in [0.717, 1.165) is 11.3 Å². The number of ether oxygens (including phenoxy) is 3. The van der Waals surface area contributed by atoms with Gasteiger partial charge in [0, 0.05) is 19.2 Å². The molecule has 2 aromatic rings. The minimum Gasteiger partial charge on any atom is -0.494 e. The van der Waals surface area contributed by atoms with Crippen molar-refractivity contribution in [1.29, 1.82) is 0 Å². The Bertz CT molecular complexity index is 803. The molecule has 0 bridgehead atoms. The first-order valence-electron chi connectivity index (χ1n) is 9.03. The number of carbonyl (C=O) groups is 2. The van der Waals surface area contributed by atoms with Gasteiger partial charge in [-0.2, -0.15) is 0 Å². The average molecular weight is 387 g/mol. The van der Waals surface area contributed by atoms with Crippen LogP contribution in [-0.2, 0) is 11.3 Å². The van der Waals surface area contributed by atoms with Crippen LogP contribution in [0.15, 0.2) is 42.5 Å². The molecule has 150 valence electrons. The van der Waals surface area contributed by atoms with Gasteiger partial charge in [-0.1, -0.05) is 12.1 Å². The van der Waals surface area contributed by atoms with Gasteiger partial charge in [0.05, 0.1) is 13.2 Å². The van der Waals surface area contributed by atoms with Crippen LogP contribution in [0.25, 0.3) is 0 Å². The van der Waals surface area contributed by atoms with E-state index in [4.69, 9.17) is 19.3 Å². The lowest BCUT2D eigenvalue weighted by Crippen LogP contribution is -2.26. The highest BCUT2D eigenvalue weighted by molar-refractivity contribution is 5.94. The average Bonchev–Trinajstić information content (AvgIpc) is 2.68. The Kier molecular flexibility index (Phi) is 7.68. The standard InChI is InChI=1S/C21H25NO6/c1-4-26-17-9-6-15(7-10-17)13-22(3)21(25)16-8-11-18(28-14-20(23)24)19(12-16)27-5-2/h6-12H,4-5,13-14H2,1-3H3,(H,23,24). The molecule has 0 spiro atoms. The van der Waals surface area contributed by atoms with Crippen LogP contribution < -0.4 is 14.2 Å². The molecule has 0 saturated carbocycles. The van der Waals surface area contributed by atoms with Crippen molar-refractivity contribution in [2.45, 2.75) is 20.4 Å². The van der Waals surface area contributed by atoms with E-state index in [0.29, 0.717) is 31.1 Å². The molecule has 7 nitrogen and oxygen atoms in total. The number of benzene rings is 2. The molecule has 1 amide bonds. The van der Waals surface area contributed by atoms with Gasteiger partial charge in [0.25, 0.3) is 5.91 Å². The zero-order valence-corrected chi connectivity index (χ0v) is 16.3. The van der Waals surface area contributed by atoms with Crippen molar-refractivity contribution in [2.24, 2.45) is 0 Å². The first-order valence-corrected chi connectivity index (χ1v) is 9.03. The fraction of sp³-hybridized carbons (Fsp3) is 0.333. The van der Waals surface area contributed by atoms with Crippen LogP contribution in [0, 0.1) is 0 Å². The molecule has 0 aromatic heterocycles. The van der Waals surface area contributed by atoms with Crippen LogP contribution >= 0.6 is 0 Å². The van der Waals surface area contributed by atoms with E-state index in [2.05, 4.69) is 0 Å². The van der Waals surface area contributed by atoms with E-state index in [9.17, 15) is 9.59 Å². The molecule has 0 unspecified atom stereocenters. The van der Waals surface area contributed by atoms with Gasteiger partial charge in [-0.3, -0.25) is 4.79 Å². The van der Waals surface area contributed by atoms with Crippen molar-refractivity contribution in [1.82, 2.24) is 4.90 Å². The van der Waals surface area contributed by atoms with Gasteiger partial charge in [0.15, 0.2) is 18.1 Å². The highest BCUT2D eigenvalue weighted by Gasteiger charge is 2.16. The van der Waals surface area contributed by atoms with Gasteiger partial charge in [-0.15, -0.1) is 0 Å². The molecule has 0 radical (unpaired) electrons. The van der Waals surface area contributed by atoms with Gasteiger partial charge in [-0.25, -0.2) is 4.79 Å². The van der Waals surface area contributed by atoms with Crippen LogP contribution in [0.2, 0.25) is 0 Å². The normalized spacial score (nSPS) is 10.2. The number of hydrogen-bond acceptors (Lipinski definition) is 5. The monoisotopic (exact) mass is 387 g/mol. The summed E-state index contributed by atoms with van der Waals surface area (Å²) in [5.41, 5.74) is 1.41. The summed E-state index contributed by atoms with van der Waals surface area (Å²) in [6.45, 7) is 4.65. The largest absolute Gasteiger partial charge is 0.494 e. The van der Waals surface area contributed by atoms with E-state index < -0.39 is 12.6 Å². The molecular formula is C21H25NO6. The predicted octanol–water partition coefficient (Wildman–Crippen LogP) is 3.22. The Hall–Kier alpha value is -3.22. The fourth-order valence-corrected chi connectivity index (χ4v) is 2.59. The Balaban J connectivity index is 2.10. The molecule has 0 heterocycles. The quantitative estimate of drug-likeness (QED) is 0.674. The molecule has 0 aliphatic heterocycles. The second-order valence-corrected chi connectivity index (χ2v) is 6.02. The molecule has 0 atom stereocenters. The molecule has 0 saturated heterocycles. The second kappa shape index (κ2) is 10.2. The fourth-order valence-electron chi connectivity index (χ4n) is 2.59. The molecule has 7 heteroatoms. The number of carbonyl (C=O) groups excluding carboxylic acids is 1. The van der Waals surface area contributed by atoms with Crippen molar-refractivity contribution in [3.05, 3.63) is 53.6 Å². The summed E-state index contributed by atoms with van der Waals surface area (Å²) in [4.78, 5) is 25.1. The summed E-state index contributed by atoms with van der Waals surface area (Å²) in [6, 6.07) is 12.3. The number of carboxylic acid groups (broad SMARTS) is 1. The number of nitrogens with zero attached hydrogens (tertiary/aromatic N) is 1. The van der Waals surface area contributed by atoms with Crippen molar-refractivity contribution < 1.29 is 28.9 Å². The van der Waals surface area contributed by atoms with Crippen molar-refractivity contribution in [2.75, 3.05) is 26.9 Å². The molecule has 0 fully saturated rings. The molecule has 2 rings (SSSR count). The lowest BCUT2D eigenvalue weighted by atomic mass is 10.1. The Morgan fingerprint density at radius 1 is 0.929 bits per heavy atom. The highest BCUT2D eigenvalue weighted by Crippen LogP contribution is 2.29. The van der Waals surface area contributed by atoms with Gasteiger partial charge < -0.3 is 24.2 Å². The third-order valence-corrected chi connectivity index (χ3v) is 3.84. The first-order chi connectivity index (χ1) is 13.4. The maximum atomic E-state index is 12.8. The van der Waals surface area contributed by atoms with Gasteiger partial charge in [0.2, 0.25) is 0 Å². The molecule has 0 aliphatic carbocycles. The van der Waals surface area contributed by atoms with Crippen LogP contribution in [-0.4, -0.2) is 48.8 Å². The van der Waals surface area contributed by atoms with Gasteiger partial charge in [-0.05, 0) is 49.7 Å². The summed E-state index contributed by atoms with van der Waals surface area (Å²) < 4.78 is 16.1. The Morgan fingerprint density at radius 3 is 2.21 bits per heavy atom. The molecule has 0 aliphatic rings. The maximum Gasteiger partial charge on any atom is 0.341 e. The van der Waals surface area contributed by atoms with E-state index in [1.165, 1.54) is 0 Å². The molecule has 1 N–H and O–H groups in total. The van der Waals surface area contributed by atoms with Gasteiger partial charge in [0.1, 0.15) is 5.75 Å². The molecular weight excluding hydrogens is 362 g/mol. The van der Waals surface area contributed by atoms with Crippen molar-refractivity contribution >= 4 is 11.9 Å². The van der Waals surface area contributed by atoms with Crippen LogP contribution in [0.3, 0.4) is 0 Å². The lowest BCUT2D eigenvalue weighted by molar-refractivity contribution is -0.139. The number of rotatable bonds is 10.